The number of carbonyl (C=O) groups excluding carboxylic acids is 1. The average molecular weight is 283 g/mol. The highest BCUT2D eigenvalue weighted by molar-refractivity contribution is 5.94. The number of aryl methyl sites for hydroxylation is 2. The van der Waals surface area contributed by atoms with Gasteiger partial charge in [-0.05, 0) is 92.9 Å². The predicted octanol–water partition coefficient (Wildman–Crippen LogP) is 3.86. The van der Waals surface area contributed by atoms with Crippen molar-refractivity contribution >= 4 is 5.91 Å². The second-order valence-corrected chi connectivity index (χ2v) is 7.73. The first-order valence-corrected chi connectivity index (χ1v) is 8.48. The fraction of sp³-hybridized carbons (Fsp3) is 0.632. The van der Waals surface area contributed by atoms with Crippen molar-refractivity contribution in [1.82, 2.24) is 5.32 Å². The SMILES string of the molecule is Cc1ccc(C(=O)NC2C3CC4CC(C3)CC2C4)cc1C. The lowest BCUT2D eigenvalue weighted by Gasteiger charge is -2.54. The summed E-state index contributed by atoms with van der Waals surface area (Å²) in [7, 11) is 0. The zero-order valence-corrected chi connectivity index (χ0v) is 13.1. The molecule has 1 aromatic rings. The van der Waals surface area contributed by atoms with E-state index in [9.17, 15) is 4.79 Å². The highest BCUT2D eigenvalue weighted by Crippen LogP contribution is 2.53. The molecule has 2 heteroatoms. The minimum Gasteiger partial charge on any atom is -0.349 e. The van der Waals surface area contributed by atoms with Gasteiger partial charge in [0, 0.05) is 11.6 Å². The third kappa shape index (κ3) is 2.29. The minimum atomic E-state index is 0.135. The molecule has 4 aliphatic carbocycles. The Labute approximate surface area is 127 Å². The molecule has 4 bridgehead atoms. The van der Waals surface area contributed by atoms with Gasteiger partial charge in [-0.15, -0.1) is 0 Å². The second-order valence-electron chi connectivity index (χ2n) is 7.73. The van der Waals surface area contributed by atoms with Gasteiger partial charge in [0.15, 0.2) is 0 Å². The molecule has 2 nitrogen and oxygen atoms in total. The number of carbonyl (C=O) groups is 1. The van der Waals surface area contributed by atoms with Crippen molar-refractivity contribution in [3.05, 3.63) is 34.9 Å². The molecule has 5 rings (SSSR count). The number of hydrogen-bond donors (Lipinski definition) is 1. The summed E-state index contributed by atoms with van der Waals surface area (Å²) in [6.07, 6.45) is 6.87. The van der Waals surface area contributed by atoms with Gasteiger partial charge in [0.25, 0.3) is 5.91 Å². The fourth-order valence-corrected chi connectivity index (χ4v) is 5.28. The molecule has 0 unspecified atom stereocenters. The Morgan fingerprint density at radius 2 is 1.57 bits per heavy atom. The predicted molar refractivity (Wildman–Crippen MR) is 84.2 cm³/mol. The Kier molecular flexibility index (Phi) is 3.09. The maximum absolute atomic E-state index is 12.6. The third-order valence-corrected chi connectivity index (χ3v) is 6.29. The Balaban J connectivity index is 1.50. The lowest BCUT2D eigenvalue weighted by atomic mass is 9.54. The maximum atomic E-state index is 12.6. The van der Waals surface area contributed by atoms with Crippen molar-refractivity contribution < 1.29 is 4.79 Å². The molecular formula is C19H25NO. The van der Waals surface area contributed by atoms with Crippen LogP contribution in [0.3, 0.4) is 0 Å². The molecule has 4 fully saturated rings. The van der Waals surface area contributed by atoms with E-state index in [4.69, 9.17) is 0 Å². The van der Waals surface area contributed by atoms with E-state index < -0.39 is 0 Å². The molecule has 0 aliphatic heterocycles. The number of rotatable bonds is 2. The quantitative estimate of drug-likeness (QED) is 0.877. The van der Waals surface area contributed by atoms with Crippen LogP contribution < -0.4 is 5.32 Å². The van der Waals surface area contributed by atoms with Gasteiger partial charge < -0.3 is 5.32 Å². The topological polar surface area (TPSA) is 29.1 Å². The second kappa shape index (κ2) is 4.86. The average Bonchev–Trinajstić information content (AvgIpc) is 2.45. The Hall–Kier alpha value is -1.31. The molecule has 0 heterocycles. The normalized spacial score (nSPS) is 36.8. The van der Waals surface area contributed by atoms with Crippen molar-refractivity contribution in [3.63, 3.8) is 0 Å². The highest BCUT2D eigenvalue weighted by atomic mass is 16.1. The molecule has 4 saturated carbocycles. The number of benzene rings is 1. The van der Waals surface area contributed by atoms with E-state index in [-0.39, 0.29) is 5.91 Å². The zero-order valence-electron chi connectivity index (χ0n) is 13.1. The Morgan fingerprint density at radius 3 is 2.14 bits per heavy atom. The molecule has 0 radical (unpaired) electrons. The molecule has 1 amide bonds. The first-order chi connectivity index (χ1) is 10.1. The van der Waals surface area contributed by atoms with Crippen molar-refractivity contribution in [3.8, 4) is 0 Å². The van der Waals surface area contributed by atoms with Gasteiger partial charge in [0.2, 0.25) is 0 Å². The summed E-state index contributed by atoms with van der Waals surface area (Å²) in [6, 6.07) is 6.49. The van der Waals surface area contributed by atoms with Gasteiger partial charge in [0.05, 0.1) is 0 Å². The molecule has 4 aliphatic rings. The fourth-order valence-electron chi connectivity index (χ4n) is 5.28. The van der Waals surface area contributed by atoms with Crippen molar-refractivity contribution in [2.75, 3.05) is 0 Å². The van der Waals surface area contributed by atoms with E-state index in [2.05, 4.69) is 25.2 Å². The summed E-state index contributed by atoms with van der Waals surface area (Å²) in [5.74, 6) is 3.55. The summed E-state index contributed by atoms with van der Waals surface area (Å²) in [5, 5.41) is 3.39. The Bertz CT molecular complexity index is 549. The molecule has 0 saturated heterocycles. The molecule has 0 spiro atoms. The van der Waals surface area contributed by atoms with Gasteiger partial charge in [-0.1, -0.05) is 6.07 Å². The van der Waals surface area contributed by atoms with Crippen LogP contribution in [0.2, 0.25) is 0 Å². The highest BCUT2D eigenvalue weighted by Gasteiger charge is 2.48. The van der Waals surface area contributed by atoms with Crippen LogP contribution in [-0.2, 0) is 0 Å². The van der Waals surface area contributed by atoms with Crippen LogP contribution >= 0.6 is 0 Å². The van der Waals surface area contributed by atoms with E-state index in [0.717, 1.165) is 29.2 Å². The standard InChI is InChI=1S/C19H25NO/c1-11-3-4-15(5-12(11)2)19(21)20-18-16-7-13-6-14(9-16)10-17(18)8-13/h3-5,13-14,16-18H,6-10H2,1-2H3,(H,20,21). The van der Waals surface area contributed by atoms with E-state index in [1.807, 2.05) is 12.1 Å². The van der Waals surface area contributed by atoms with Crippen molar-refractivity contribution in [1.29, 1.82) is 0 Å². The monoisotopic (exact) mass is 283 g/mol. The van der Waals surface area contributed by atoms with Crippen LogP contribution in [0, 0.1) is 37.5 Å². The minimum absolute atomic E-state index is 0.135. The number of hydrogen-bond acceptors (Lipinski definition) is 1. The van der Waals surface area contributed by atoms with Crippen LogP contribution in [-0.4, -0.2) is 11.9 Å². The van der Waals surface area contributed by atoms with Gasteiger partial charge in [-0.2, -0.15) is 0 Å². The summed E-state index contributed by atoms with van der Waals surface area (Å²) in [5.41, 5.74) is 3.28. The summed E-state index contributed by atoms with van der Waals surface area (Å²) in [4.78, 5) is 12.6. The molecule has 112 valence electrons. The molecule has 1 aromatic carbocycles. The van der Waals surface area contributed by atoms with Crippen LogP contribution in [0.5, 0.6) is 0 Å². The summed E-state index contributed by atoms with van der Waals surface area (Å²) >= 11 is 0. The third-order valence-electron chi connectivity index (χ3n) is 6.29. The van der Waals surface area contributed by atoms with Crippen LogP contribution in [0.4, 0.5) is 0 Å². The van der Waals surface area contributed by atoms with E-state index >= 15 is 0 Å². The van der Waals surface area contributed by atoms with Crippen LogP contribution in [0.1, 0.15) is 53.6 Å². The van der Waals surface area contributed by atoms with Gasteiger partial charge in [-0.3, -0.25) is 4.79 Å². The van der Waals surface area contributed by atoms with E-state index in [1.165, 1.54) is 43.2 Å². The van der Waals surface area contributed by atoms with Gasteiger partial charge in [0.1, 0.15) is 0 Å². The van der Waals surface area contributed by atoms with Crippen LogP contribution in [0.25, 0.3) is 0 Å². The van der Waals surface area contributed by atoms with Crippen LogP contribution in [0.15, 0.2) is 18.2 Å². The first-order valence-electron chi connectivity index (χ1n) is 8.48. The molecule has 0 atom stereocenters. The lowest BCUT2D eigenvalue weighted by molar-refractivity contribution is -0.0119. The molecule has 21 heavy (non-hydrogen) atoms. The summed E-state index contributed by atoms with van der Waals surface area (Å²) in [6.45, 7) is 4.17. The summed E-state index contributed by atoms with van der Waals surface area (Å²) < 4.78 is 0. The smallest absolute Gasteiger partial charge is 0.251 e. The van der Waals surface area contributed by atoms with Gasteiger partial charge >= 0.3 is 0 Å². The molecule has 1 N–H and O–H groups in total. The lowest BCUT2D eigenvalue weighted by Crippen LogP contribution is -2.55. The maximum Gasteiger partial charge on any atom is 0.251 e. The van der Waals surface area contributed by atoms with E-state index in [0.29, 0.717) is 6.04 Å². The largest absolute Gasteiger partial charge is 0.349 e. The molecular weight excluding hydrogens is 258 g/mol. The Morgan fingerprint density at radius 1 is 0.952 bits per heavy atom. The zero-order chi connectivity index (χ0) is 14.6. The van der Waals surface area contributed by atoms with E-state index in [1.54, 1.807) is 0 Å². The van der Waals surface area contributed by atoms with Crippen molar-refractivity contribution in [2.24, 2.45) is 23.7 Å². The number of nitrogens with one attached hydrogen (secondary N) is 1. The number of amides is 1. The first kappa shape index (κ1) is 13.4. The molecule has 0 aromatic heterocycles. The van der Waals surface area contributed by atoms with Gasteiger partial charge in [-0.25, -0.2) is 0 Å². The van der Waals surface area contributed by atoms with Crippen molar-refractivity contribution in [2.45, 2.75) is 52.0 Å².